The van der Waals surface area contributed by atoms with Crippen LogP contribution in [-0.2, 0) is 0 Å². The first kappa shape index (κ1) is 15.5. The van der Waals surface area contributed by atoms with Gasteiger partial charge >= 0.3 is 0 Å². The van der Waals surface area contributed by atoms with Gasteiger partial charge in [0.2, 0.25) is 0 Å². The highest BCUT2D eigenvalue weighted by Crippen LogP contribution is 2.27. The molecule has 0 unspecified atom stereocenters. The number of aromatic nitrogens is 1. The molecule has 0 radical (unpaired) electrons. The Morgan fingerprint density at radius 2 is 2.10 bits per heavy atom. The fraction of sp³-hybridized carbons (Fsp3) is 0.643. The minimum atomic E-state index is -0.370. The number of nitrogens with one attached hydrogen (secondary N) is 1. The average Bonchev–Trinajstić information content (AvgIpc) is 2.46. The molecule has 116 valence electrons. The predicted octanol–water partition coefficient (Wildman–Crippen LogP) is 1.81. The summed E-state index contributed by atoms with van der Waals surface area (Å²) in [5.74, 6) is 1.92. The first-order valence-electron chi connectivity index (χ1n) is 7.23. The summed E-state index contributed by atoms with van der Waals surface area (Å²) in [7, 11) is 5.90. The van der Waals surface area contributed by atoms with Crippen molar-refractivity contribution in [3.8, 4) is 0 Å². The highest BCUT2D eigenvalue weighted by atomic mass is 16.6. The molecule has 7 heteroatoms. The first-order valence-corrected chi connectivity index (χ1v) is 7.23. The largest absolute Gasteiger partial charge is 0.373 e. The number of piperidine rings is 1. The molecule has 1 aliphatic rings. The Kier molecular flexibility index (Phi) is 4.95. The third kappa shape index (κ3) is 4.04. The van der Waals surface area contributed by atoms with Gasteiger partial charge in [0.25, 0.3) is 5.69 Å². The van der Waals surface area contributed by atoms with Crippen LogP contribution >= 0.6 is 0 Å². The number of rotatable bonds is 5. The normalized spacial score (nSPS) is 16.3. The summed E-state index contributed by atoms with van der Waals surface area (Å²) in [5, 5.41) is 13.9. The van der Waals surface area contributed by atoms with Crippen molar-refractivity contribution >= 4 is 17.3 Å². The predicted molar refractivity (Wildman–Crippen MR) is 83.9 cm³/mol. The molecular weight excluding hydrogens is 270 g/mol. The number of anilines is 2. The van der Waals surface area contributed by atoms with Gasteiger partial charge in [-0.1, -0.05) is 0 Å². The topological polar surface area (TPSA) is 74.5 Å². The van der Waals surface area contributed by atoms with Gasteiger partial charge in [0.15, 0.2) is 0 Å². The minimum Gasteiger partial charge on any atom is -0.373 e. The molecule has 1 aromatic rings. The van der Waals surface area contributed by atoms with Crippen LogP contribution in [0.2, 0.25) is 0 Å². The van der Waals surface area contributed by atoms with E-state index in [4.69, 9.17) is 0 Å². The molecule has 1 aromatic heterocycles. The summed E-state index contributed by atoms with van der Waals surface area (Å²) in [4.78, 5) is 19.4. The molecule has 1 fully saturated rings. The molecule has 0 spiro atoms. The van der Waals surface area contributed by atoms with Crippen LogP contribution in [0.5, 0.6) is 0 Å². The Morgan fingerprint density at radius 1 is 1.43 bits per heavy atom. The maximum Gasteiger partial charge on any atom is 0.276 e. The molecule has 2 heterocycles. The van der Waals surface area contributed by atoms with E-state index in [1.54, 1.807) is 13.1 Å². The Hall–Kier alpha value is -1.89. The van der Waals surface area contributed by atoms with Crippen LogP contribution in [0.4, 0.5) is 17.3 Å². The zero-order chi connectivity index (χ0) is 15.4. The summed E-state index contributed by atoms with van der Waals surface area (Å²) in [6, 6.07) is 3.02. The standard InChI is InChI=1S/C14H23N5O2/c1-15-13-8-12(19(20)21)9-14(16-13)18-6-4-11(5-7-18)10-17(2)3/h8-9,11H,4-7,10H2,1-3H3,(H,15,16). The van der Waals surface area contributed by atoms with Crippen molar-refractivity contribution < 1.29 is 4.92 Å². The zero-order valence-corrected chi connectivity index (χ0v) is 12.9. The van der Waals surface area contributed by atoms with Crippen LogP contribution in [0.3, 0.4) is 0 Å². The highest BCUT2D eigenvalue weighted by Gasteiger charge is 2.22. The molecule has 0 amide bonds. The first-order chi connectivity index (χ1) is 9.99. The highest BCUT2D eigenvalue weighted by molar-refractivity contribution is 5.55. The van der Waals surface area contributed by atoms with E-state index in [0.717, 1.165) is 32.5 Å². The second-order valence-electron chi connectivity index (χ2n) is 5.77. The minimum absolute atomic E-state index is 0.0831. The van der Waals surface area contributed by atoms with E-state index >= 15 is 0 Å². The molecule has 0 saturated carbocycles. The van der Waals surface area contributed by atoms with E-state index in [1.807, 2.05) is 0 Å². The Labute approximate surface area is 125 Å². The summed E-state index contributed by atoms with van der Waals surface area (Å²) >= 11 is 0. The molecule has 1 N–H and O–H groups in total. The molecule has 0 atom stereocenters. The molecule has 0 aliphatic carbocycles. The maximum absolute atomic E-state index is 11.0. The maximum atomic E-state index is 11.0. The Morgan fingerprint density at radius 3 is 2.62 bits per heavy atom. The van der Waals surface area contributed by atoms with Gasteiger partial charge in [-0.15, -0.1) is 0 Å². The van der Waals surface area contributed by atoms with E-state index in [1.165, 1.54) is 6.07 Å². The lowest BCUT2D eigenvalue weighted by molar-refractivity contribution is -0.384. The number of nitro groups is 1. The molecule has 0 bridgehead atoms. The molecule has 0 aromatic carbocycles. The van der Waals surface area contributed by atoms with Crippen LogP contribution in [0.25, 0.3) is 0 Å². The average molecular weight is 293 g/mol. The molecule has 1 aliphatic heterocycles. The van der Waals surface area contributed by atoms with Crippen molar-refractivity contribution in [1.82, 2.24) is 9.88 Å². The smallest absolute Gasteiger partial charge is 0.276 e. The van der Waals surface area contributed by atoms with Crippen molar-refractivity contribution in [1.29, 1.82) is 0 Å². The van der Waals surface area contributed by atoms with Gasteiger partial charge in [-0.3, -0.25) is 10.1 Å². The number of hydrogen-bond donors (Lipinski definition) is 1. The summed E-state index contributed by atoms with van der Waals surface area (Å²) in [6.45, 7) is 2.89. The lowest BCUT2D eigenvalue weighted by Crippen LogP contribution is -2.37. The van der Waals surface area contributed by atoms with Gasteiger partial charge in [0, 0.05) is 26.7 Å². The molecule has 7 nitrogen and oxygen atoms in total. The van der Waals surface area contributed by atoms with Gasteiger partial charge in [-0.25, -0.2) is 4.98 Å². The van der Waals surface area contributed by atoms with Gasteiger partial charge in [0.05, 0.1) is 17.1 Å². The quantitative estimate of drug-likeness (QED) is 0.659. The van der Waals surface area contributed by atoms with Crippen LogP contribution in [0.1, 0.15) is 12.8 Å². The summed E-state index contributed by atoms with van der Waals surface area (Å²) in [6.07, 6.45) is 2.19. The summed E-state index contributed by atoms with van der Waals surface area (Å²) < 4.78 is 0. The lowest BCUT2D eigenvalue weighted by atomic mass is 9.96. The van der Waals surface area contributed by atoms with Crippen molar-refractivity contribution in [2.75, 3.05) is 51.0 Å². The summed E-state index contributed by atoms with van der Waals surface area (Å²) in [5.41, 5.74) is 0.0831. The second-order valence-corrected chi connectivity index (χ2v) is 5.77. The van der Waals surface area contributed by atoms with E-state index in [0.29, 0.717) is 17.6 Å². The Bertz CT molecular complexity index is 498. The van der Waals surface area contributed by atoms with E-state index in [2.05, 4.69) is 34.2 Å². The third-order valence-corrected chi connectivity index (χ3v) is 3.83. The van der Waals surface area contributed by atoms with Gasteiger partial charge in [-0.2, -0.15) is 0 Å². The number of pyridine rings is 1. The van der Waals surface area contributed by atoms with Crippen molar-refractivity contribution in [2.45, 2.75) is 12.8 Å². The molecule has 1 saturated heterocycles. The van der Waals surface area contributed by atoms with E-state index < -0.39 is 0 Å². The molecular formula is C14H23N5O2. The fourth-order valence-corrected chi connectivity index (χ4v) is 2.76. The van der Waals surface area contributed by atoms with Crippen LogP contribution < -0.4 is 10.2 Å². The fourth-order valence-electron chi connectivity index (χ4n) is 2.76. The Balaban J connectivity index is 2.09. The van der Waals surface area contributed by atoms with Crippen LogP contribution in [-0.4, -0.2) is 55.6 Å². The molecule has 21 heavy (non-hydrogen) atoms. The van der Waals surface area contributed by atoms with Gasteiger partial charge in [-0.05, 0) is 32.9 Å². The monoisotopic (exact) mass is 293 g/mol. The van der Waals surface area contributed by atoms with Crippen molar-refractivity contribution in [2.24, 2.45) is 5.92 Å². The van der Waals surface area contributed by atoms with Crippen molar-refractivity contribution in [3.63, 3.8) is 0 Å². The molecule has 2 rings (SSSR count). The van der Waals surface area contributed by atoms with E-state index in [9.17, 15) is 10.1 Å². The second kappa shape index (κ2) is 6.71. The number of hydrogen-bond acceptors (Lipinski definition) is 6. The third-order valence-electron chi connectivity index (χ3n) is 3.83. The van der Waals surface area contributed by atoms with Crippen LogP contribution in [0.15, 0.2) is 12.1 Å². The van der Waals surface area contributed by atoms with Gasteiger partial charge < -0.3 is 15.1 Å². The van der Waals surface area contributed by atoms with Crippen molar-refractivity contribution in [3.05, 3.63) is 22.2 Å². The number of nitrogens with zero attached hydrogens (tertiary/aromatic N) is 4. The lowest BCUT2D eigenvalue weighted by Gasteiger charge is -2.34. The van der Waals surface area contributed by atoms with Gasteiger partial charge in [0.1, 0.15) is 11.6 Å². The van der Waals surface area contributed by atoms with Crippen LogP contribution in [0, 0.1) is 16.0 Å². The zero-order valence-electron chi connectivity index (χ0n) is 12.9. The van der Waals surface area contributed by atoms with E-state index in [-0.39, 0.29) is 10.6 Å². The SMILES string of the molecule is CNc1cc([N+](=O)[O-])cc(N2CCC(CN(C)C)CC2)n1.